The summed E-state index contributed by atoms with van der Waals surface area (Å²) in [5.74, 6) is 2.69. The fraction of sp³-hybridized carbons (Fsp3) is 0.647. The van der Waals surface area contributed by atoms with Crippen molar-refractivity contribution in [2.24, 2.45) is 17.6 Å². The maximum absolute atomic E-state index is 6.10. The molecule has 3 heteroatoms. The van der Waals surface area contributed by atoms with Crippen LogP contribution in [0.4, 0.5) is 0 Å². The highest BCUT2D eigenvalue weighted by Gasteiger charge is 2.37. The van der Waals surface area contributed by atoms with Gasteiger partial charge in [0.1, 0.15) is 5.75 Å². The van der Waals surface area contributed by atoms with Crippen molar-refractivity contribution in [3.05, 3.63) is 29.8 Å². The lowest BCUT2D eigenvalue weighted by molar-refractivity contribution is 0.135. The Balaban J connectivity index is 2.09. The highest BCUT2D eigenvalue weighted by Crippen LogP contribution is 2.39. The third kappa shape index (κ3) is 3.33. The van der Waals surface area contributed by atoms with Gasteiger partial charge in [-0.3, -0.25) is 4.90 Å². The highest BCUT2D eigenvalue weighted by molar-refractivity contribution is 5.34. The Hall–Kier alpha value is -1.06. The first kappa shape index (κ1) is 15.3. The second kappa shape index (κ2) is 6.15. The van der Waals surface area contributed by atoms with E-state index in [1.54, 1.807) is 7.11 Å². The summed E-state index contributed by atoms with van der Waals surface area (Å²) in [6, 6.07) is 8.24. The van der Waals surface area contributed by atoms with Gasteiger partial charge in [-0.1, -0.05) is 25.1 Å². The molecule has 3 unspecified atom stereocenters. The molecule has 0 heterocycles. The molecule has 1 saturated carbocycles. The second-order valence-electron chi connectivity index (χ2n) is 6.54. The number of nitrogens with two attached hydrogens (primary N) is 1. The maximum atomic E-state index is 6.10. The number of rotatable bonds is 7. The maximum Gasteiger partial charge on any atom is 0.122 e. The molecule has 0 amide bonds. The molecule has 2 N–H and O–H groups in total. The zero-order valence-electron chi connectivity index (χ0n) is 13.2. The van der Waals surface area contributed by atoms with Crippen LogP contribution < -0.4 is 10.5 Å². The van der Waals surface area contributed by atoms with Gasteiger partial charge in [0.15, 0.2) is 0 Å². The Morgan fingerprint density at radius 3 is 2.60 bits per heavy atom. The average Bonchev–Trinajstić information content (AvgIpc) is 3.14. The molecule has 1 aromatic carbocycles. The first-order chi connectivity index (χ1) is 9.50. The van der Waals surface area contributed by atoms with Crippen LogP contribution in [-0.2, 0) is 6.42 Å². The molecule has 0 aliphatic heterocycles. The van der Waals surface area contributed by atoms with Gasteiger partial charge in [-0.15, -0.1) is 0 Å². The van der Waals surface area contributed by atoms with Crippen LogP contribution >= 0.6 is 0 Å². The number of nitrogens with zero attached hydrogens (tertiary/aromatic N) is 1. The van der Waals surface area contributed by atoms with Gasteiger partial charge in [0.2, 0.25) is 0 Å². The molecular formula is C17H28N2O. The summed E-state index contributed by atoms with van der Waals surface area (Å²) in [5.41, 5.74) is 7.31. The van der Waals surface area contributed by atoms with E-state index in [1.807, 2.05) is 12.1 Å². The molecule has 1 aromatic rings. The van der Waals surface area contributed by atoms with E-state index in [0.717, 1.165) is 30.6 Å². The first-order valence-electron chi connectivity index (χ1n) is 7.53. The fourth-order valence-electron chi connectivity index (χ4n) is 2.85. The molecule has 0 aromatic heterocycles. The van der Waals surface area contributed by atoms with E-state index in [4.69, 9.17) is 10.5 Å². The Morgan fingerprint density at radius 1 is 1.40 bits per heavy atom. The summed E-state index contributed by atoms with van der Waals surface area (Å²) in [5, 5.41) is 0. The highest BCUT2D eigenvalue weighted by atomic mass is 16.5. The summed E-state index contributed by atoms with van der Waals surface area (Å²) >= 11 is 0. The summed E-state index contributed by atoms with van der Waals surface area (Å²) in [7, 11) is 3.93. The van der Waals surface area contributed by atoms with Gasteiger partial charge >= 0.3 is 0 Å². The minimum absolute atomic E-state index is 0.0169. The summed E-state index contributed by atoms with van der Waals surface area (Å²) < 4.78 is 5.47. The predicted octanol–water partition coefficient (Wildman–Crippen LogP) is 2.54. The van der Waals surface area contributed by atoms with Gasteiger partial charge in [0, 0.05) is 18.6 Å². The predicted molar refractivity (Wildman–Crippen MR) is 84.1 cm³/mol. The fourth-order valence-corrected chi connectivity index (χ4v) is 2.85. The smallest absolute Gasteiger partial charge is 0.122 e. The first-order valence-corrected chi connectivity index (χ1v) is 7.53. The van der Waals surface area contributed by atoms with Crippen molar-refractivity contribution in [2.75, 3.05) is 27.2 Å². The van der Waals surface area contributed by atoms with Gasteiger partial charge in [-0.2, -0.15) is 0 Å². The standard InChI is InChI=1S/C17H28N2O/c1-13-9-15(13)11-19(3)17(2,12-18)10-14-7-5-6-8-16(14)20-4/h5-8,13,15H,9-12,18H2,1-4H3. The molecule has 3 nitrogen and oxygen atoms in total. The quantitative estimate of drug-likeness (QED) is 0.832. The lowest BCUT2D eigenvalue weighted by Gasteiger charge is -2.39. The molecule has 0 radical (unpaired) electrons. The topological polar surface area (TPSA) is 38.5 Å². The van der Waals surface area contributed by atoms with Crippen LogP contribution in [0.2, 0.25) is 0 Å². The zero-order chi connectivity index (χ0) is 14.8. The number of hydrogen-bond acceptors (Lipinski definition) is 3. The molecule has 1 fully saturated rings. The SMILES string of the molecule is COc1ccccc1CC(C)(CN)N(C)CC1CC1C. The average molecular weight is 276 g/mol. The van der Waals surface area contributed by atoms with Crippen molar-refractivity contribution in [3.8, 4) is 5.75 Å². The lowest BCUT2D eigenvalue weighted by atomic mass is 9.90. The number of ether oxygens (including phenoxy) is 1. The van der Waals surface area contributed by atoms with Crippen LogP contribution in [0, 0.1) is 11.8 Å². The third-order valence-corrected chi connectivity index (χ3v) is 4.91. The van der Waals surface area contributed by atoms with Crippen molar-refractivity contribution in [3.63, 3.8) is 0 Å². The molecule has 20 heavy (non-hydrogen) atoms. The van der Waals surface area contributed by atoms with E-state index in [-0.39, 0.29) is 5.54 Å². The van der Waals surface area contributed by atoms with Crippen molar-refractivity contribution >= 4 is 0 Å². The third-order valence-electron chi connectivity index (χ3n) is 4.91. The molecule has 1 aliphatic rings. The van der Waals surface area contributed by atoms with Crippen LogP contribution in [0.1, 0.15) is 25.8 Å². The van der Waals surface area contributed by atoms with Gasteiger partial charge in [0.05, 0.1) is 7.11 Å². The monoisotopic (exact) mass is 276 g/mol. The second-order valence-corrected chi connectivity index (χ2v) is 6.54. The van der Waals surface area contributed by atoms with Gasteiger partial charge < -0.3 is 10.5 Å². The molecule has 2 rings (SSSR count). The van der Waals surface area contributed by atoms with Crippen LogP contribution in [0.25, 0.3) is 0 Å². The molecule has 112 valence electrons. The van der Waals surface area contributed by atoms with E-state index >= 15 is 0 Å². The van der Waals surface area contributed by atoms with Crippen molar-refractivity contribution in [1.82, 2.24) is 4.90 Å². The zero-order valence-corrected chi connectivity index (χ0v) is 13.2. The number of benzene rings is 1. The van der Waals surface area contributed by atoms with E-state index < -0.39 is 0 Å². The van der Waals surface area contributed by atoms with Crippen LogP contribution in [0.5, 0.6) is 5.75 Å². The van der Waals surface area contributed by atoms with Gasteiger partial charge in [-0.05, 0) is 50.3 Å². The van der Waals surface area contributed by atoms with Crippen molar-refractivity contribution in [1.29, 1.82) is 0 Å². The molecule has 1 aliphatic carbocycles. The Bertz CT molecular complexity index is 448. The summed E-state index contributed by atoms with van der Waals surface area (Å²) in [4.78, 5) is 2.44. The Kier molecular flexibility index (Phi) is 4.71. The minimum Gasteiger partial charge on any atom is -0.496 e. The van der Waals surface area contributed by atoms with Gasteiger partial charge in [0.25, 0.3) is 0 Å². The largest absolute Gasteiger partial charge is 0.496 e. The normalized spacial score (nSPS) is 24.5. The molecule has 3 atom stereocenters. The Morgan fingerprint density at radius 2 is 2.05 bits per heavy atom. The summed E-state index contributed by atoms with van der Waals surface area (Å²) in [6.45, 7) is 6.39. The van der Waals surface area contributed by atoms with Crippen LogP contribution in [0.15, 0.2) is 24.3 Å². The van der Waals surface area contributed by atoms with Crippen LogP contribution in [0.3, 0.4) is 0 Å². The van der Waals surface area contributed by atoms with E-state index in [1.165, 1.54) is 12.0 Å². The van der Waals surface area contributed by atoms with Crippen LogP contribution in [-0.4, -0.2) is 37.7 Å². The molecule has 0 bridgehead atoms. The van der Waals surface area contributed by atoms with E-state index in [0.29, 0.717) is 6.54 Å². The summed E-state index contributed by atoms with van der Waals surface area (Å²) in [6.07, 6.45) is 2.28. The van der Waals surface area contributed by atoms with Crippen molar-refractivity contribution in [2.45, 2.75) is 32.2 Å². The Labute approximate surface area is 123 Å². The number of methoxy groups -OCH3 is 1. The number of para-hydroxylation sites is 1. The number of hydrogen-bond donors (Lipinski definition) is 1. The van der Waals surface area contributed by atoms with E-state index in [9.17, 15) is 0 Å². The minimum atomic E-state index is -0.0169. The van der Waals surface area contributed by atoms with Gasteiger partial charge in [-0.25, -0.2) is 0 Å². The van der Waals surface area contributed by atoms with E-state index in [2.05, 4.69) is 37.9 Å². The molecule has 0 spiro atoms. The molecular weight excluding hydrogens is 248 g/mol. The number of likely N-dealkylation sites (N-methyl/N-ethyl adjacent to an activating group) is 1. The van der Waals surface area contributed by atoms with Crippen molar-refractivity contribution < 1.29 is 4.74 Å². The molecule has 0 saturated heterocycles. The lowest BCUT2D eigenvalue weighted by Crippen LogP contribution is -2.52.